The van der Waals surface area contributed by atoms with Crippen LogP contribution in [0.25, 0.3) is 0 Å². The Balaban J connectivity index is 0.000000301. The number of benzene rings is 4. The SMILES string of the molecule is CO.C[C@@H](OC[C@@]1(c2ccccc2)C[C@@H]2NC(=O)NC2C(=O)N1)c1cc(C(F)(F)F)cc(C(F)(F)F)c1.C[C@@H](OC[C@@]1(c2ccccc2)C[C@@H]2NC(=O)NC2C(=O)N1)c1cc(C(F)(F)F)cc(C(F)(F)F)c1.C[O-].[Na+]. The molecule has 6 amide bonds. The smallest absolute Gasteiger partial charge is 0.857 e. The maximum atomic E-state index is 13.3. The summed E-state index contributed by atoms with van der Waals surface area (Å²) in [7, 11) is 1.75. The molecule has 4 heterocycles. The average Bonchev–Trinajstić information content (AvgIpc) is 3.94. The summed E-state index contributed by atoms with van der Waals surface area (Å²) in [5.41, 5.74) is -7.53. The Bertz CT molecular complexity index is 2370. The zero-order valence-corrected chi connectivity index (χ0v) is 42.4. The molecule has 0 saturated carbocycles. The number of hydrogen-bond donors (Lipinski definition) is 7. The topological polar surface area (TPSA) is 202 Å². The first kappa shape index (κ1) is 61.9. The number of piperidine rings is 2. The van der Waals surface area contributed by atoms with Crippen molar-refractivity contribution in [3.8, 4) is 0 Å². The molecular formula is C48H49F12N6NaO8. The van der Waals surface area contributed by atoms with Crippen molar-refractivity contribution in [1.29, 1.82) is 0 Å². The molecule has 0 bridgehead atoms. The van der Waals surface area contributed by atoms with Crippen LogP contribution in [0.5, 0.6) is 0 Å². The fraction of sp³-hybridized carbons (Fsp3) is 0.417. The zero-order chi connectivity index (χ0) is 55.2. The van der Waals surface area contributed by atoms with E-state index in [1.165, 1.54) is 13.8 Å². The van der Waals surface area contributed by atoms with Gasteiger partial charge in [-0.05, 0) is 85.3 Å². The number of nitrogens with one attached hydrogen (secondary N) is 6. The molecule has 0 radical (unpaired) electrons. The number of fused-ring (bicyclic) bond motifs is 2. The molecule has 27 heteroatoms. The van der Waals surface area contributed by atoms with Crippen LogP contribution in [0.4, 0.5) is 62.3 Å². The van der Waals surface area contributed by atoms with Gasteiger partial charge < -0.3 is 51.6 Å². The van der Waals surface area contributed by atoms with Crippen LogP contribution >= 0.6 is 0 Å². The second kappa shape index (κ2) is 24.6. The summed E-state index contributed by atoms with van der Waals surface area (Å²) in [4.78, 5) is 49.1. The van der Waals surface area contributed by atoms with Gasteiger partial charge in [0.25, 0.3) is 0 Å². The minimum atomic E-state index is -4.99. The first-order valence-corrected chi connectivity index (χ1v) is 22.1. The molecule has 404 valence electrons. The number of carbonyl (C=O) groups is 4. The first-order valence-electron chi connectivity index (χ1n) is 22.1. The third-order valence-corrected chi connectivity index (χ3v) is 12.4. The Hall–Kier alpha value is -5.64. The summed E-state index contributed by atoms with van der Waals surface area (Å²) in [5, 5.41) is 31.3. The maximum absolute atomic E-state index is 13.3. The molecule has 4 aromatic rings. The molecule has 0 aliphatic carbocycles. The Morgan fingerprint density at radius 2 is 0.800 bits per heavy atom. The Morgan fingerprint density at radius 3 is 1.07 bits per heavy atom. The van der Waals surface area contributed by atoms with Gasteiger partial charge in [0.1, 0.15) is 12.1 Å². The summed E-state index contributed by atoms with van der Waals surface area (Å²) in [6, 6.07) is 16.0. The van der Waals surface area contributed by atoms with Gasteiger partial charge in [-0.25, -0.2) is 9.59 Å². The summed E-state index contributed by atoms with van der Waals surface area (Å²) in [6.45, 7) is 2.14. The number of halogens is 12. The maximum Gasteiger partial charge on any atom is 1.00 e. The van der Waals surface area contributed by atoms with Gasteiger partial charge in [-0.2, -0.15) is 59.8 Å². The fourth-order valence-corrected chi connectivity index (χ4v) is 8.79. The van der Waals surface area contributed by atoms with Crippen LogP contribution in [0, 0.1) is 0 Å². The molecule has 4 aromatic carbocycles. The number of aliphatic hydroxyl groups excluding tert-OH is 1. The van der Waals surface area contributed by atoms with Gasteiger partial charge in [0.05, 0.1) is 70.8 Å². The van der Waals surface area contributed by atoms with E-state index in [-0.39, 0.29) is 78.9 Å². The third kappa shape index (κ3) is 14.9. The Kier molecular flexibility index (Phi) is 20.3. The second-order valence-electron chi connectivity index (χ2n) is 17.3. The molecule has 4 aliphatic heterocycles. The number of hydrogen-bond acceptors (Lipinski definition) is 8. The minimum Gasteiger partial charge on any atom is -0.857 e. The summed E-state index contributed by atoms with van der Waals surface area (Å²) < 4.78 is 171. The van der Waals surface area contributed by atoms with Crippen molar-refractivity contribution in [3.05, 3.63) is 142 Å². The molecule has 4 aliphatic rings. The number of urea groups is 2. The molecule has 7 N–H and O–H groups in total. The molecule has 4 saturated heterocycles. The van der Waals surface area contributed by atoms with E-state index < -0.39 is 118 Å². The average molecular weight is 1090 g/mol. The number of amides is 6. The Labute approximate surface area is 443 Å². The molecule has 8 rings (SSSR count). The summed E-state index contributed by atoms with van der Waals surface area (Å²) in [6.07, 6.45) is -21.9. The van der Waals surface area contributed by atoms with Crippen molar-refractivity contribution >= 4 is 23.9 Å². The van der Waals surface area contributed by atoms with Crippen LogP contribution in [0.2, 0.25) is 0 Å². The number of ether oxygens (including phenoxy) is 2. The predicted octanol–water partition coefficient (Wildman–Crippen LogP) is 4.12. The van der Waals surface area contributed by atoms with E-state index in [2.05, 4.69) is 31.9 Å². The van der Waals surface area contributed by atoms with Gasteiger partial charge in [0.15, 0.2) is 0 Å². The molecular weight excluding hydrogens is 1040 g/mol. The largest absolute Gasteiger partial charge is 1.00 e. The van der Waals surface area contributed by atoms with Gasteiger partial charge in [-0.3, -0.25) is 9.59 Å². The molecule has 75 heavy (non-hydrogen) atoms. The summed E-state index contributed by atoms with van der Waals surface area (Å²) in [5.74, 6) is -0.976. The van der Waals surface area contributed by atoms with Gasteiger partial charge >= 0.3 is 66.3 Å². The third-order valence-electron chi connectivity index (χ3n) is 12.4. The van der Waals surface area contributed by atoms with Crippen LogP contribution in [0.3, 0.4) is 0 Å². The van der Waals surface area contributed by atoms with E-state index in [1.807, 2.05) is 0 Å². The van der Waals surface area contributed by atoms with E-state index in [0.29, 0.717) is 35.4 Å². The van der Waals surface area contributed by atoms with Crippen LogP contribution in [-0.4, -0.2) is 80.6 Å². The minimum absolute atomic E-state index is 0. The van der Waals surface area contributed by atoms with Crippen LogP contribution in [0.15, 0.2) is 97.1 Å². The quantitative estimate of drug-likeness (QED) is 0.0909. The van der Waals surface area contributed by atoms with Crippen LogP contribution < -0.4 is 66.6 Å². The van der Waals surface area contributed by atoms with Crippen molar-refractivity contribution in [2.45, 2.75) is 98.8 Å². The van der Waals surface area contributed by atoms with Crippen LogP contribution in [0.1, 0.15) is 83.4 Å². The normalized spacial score (nSPS) is 23.8. The van der Waals surface area contributed by atoms with Gasteiger partial charge in [-0.1, -0.05) is 60.7 Å². The summed E-state index contributed by atoms with van der Waals surface area (Å²) >= 11 is 0. The molecule has 0 spiro atoms. The van der Waals surface area contributed by atoms with Gasteiger partial charge in [0, 0.05) is 7.11 Å². The van der Waals surface area contributed by atoms with Gasteiger partial charge in [0.2, 0.25) is 11.8 Å². The van der Waals surface area contributed by atoms with Crippen molar-refractivity contribution in [3.63, 3.8) is 0 Å². The van der Waals surface area contributed by atoms with E-state index in [1.54, 1.807) is 60.7 Å². The van der Waals surface area contributed by atoms with Crippen molar-refractivity contribution < 1.29 is 121 Å². The van der Waals surface area contributed by atoms with Crippen molar-refractivity contribution in [2.75, 3.05) is 27.4 Å². The molecule has 2 unspecified atom stereocenters. The van der Waals surface area contributed by atoms with E-state index in [9.17, 15) is 71.9 Å². The molecule has 14 nitrogen and oxygen atoms in total. The molecule has 8 atom stereocenters. The molecule has 4 fully saturated rings. The monoisotopic (exact) mass is 1090 g/mol. The zero-order valence-electron chi connectivity index (χ0n) is 40.4. The standard InChI is InChI=1S/2C23H21F6N3O3.CH4O.CH3O.Na/c2*1-12(13-7-15(22(24,25)26)9-16(8-13)23(27,28)29)35-11-21(14-5-3-2-4-6-14)10-17-18(19(33)32-21)31-20(34)30-17;2*1-2;/h2*2-9,12,17-18H,10-11H2,1H3,(H,32,33)(H2,30,31,34);2H,1H3;1H3;/q;;;-1;+1/t2*12-,17+,18?,21-;;;/m11.../s1. The second-order valence-corrected chi connectivity index (χ2v) is 17.3. The number of rotatable bonds is 10. The van der Waals surface area contributed by atoms with Gasteiger partial charge in [-0.15, -0.1) is 0 Å². The molecule has 0 aromatic heterocycles. The van der Waals surface area contributed by atoms with Crippen molar-refractivity contribution in [2.24, 2.45) is 0 Å². The first-order chi connectivity index (χ1) is 34.6. The van der Waals surface area contributed by atoms with E-state index in [0.717, 1.165) is 14.2 Å². The van der Waals surface area contributed by atoms with Crippen molar-refractivity contribution in [1.82, 2.24) is 31.9 Å². The van der Waals surface area contributed by atoms with Crippen LogP contribution in [-0.2, 0) is 54.8 Å². The number of alkyl halides is 12. The predicted molar refractivity (Wildman–Crippen MR) is 236 cm³/mol. The fourth-order valence-electron chi connectivity index (χ4n) is 8.79. The number of carbonyl (C=O) groups excluding carboxylic acids is 4. The van der Waals surface area contributed by atoms with E-state index in [4.69, 9.17) is 19.7 Å². The van der Waals surface area contributed by atoms with E-state index >= 15 is 0 Å². The Morgan fingerprint density at radius 1 is 0.520 bits per heavy atom. The number of aliphatic hydroxyl groups is 1.